The zero-order valence-corrected chi connectivity index (χ0v) is 11.0. The van der Waals surface area contributed by atoms with E-state index >= 15 is 0 Å². The first-order valence-electron chi connectivity index (χ1n) is 5.48. The molecule has 18 heavy (non-hydrogen) atoms. The second-order valence-corrected chi connectivity index (χ2v) is 5.10. The molecule has 90 valence electrons. The van der Waals surface area contributed by atoms with Crippen LogP contribution in [0.5, 0.6) is 0 Å². The highest BCUT2D eigenvalue weighted by Crippen LogP contribution is 2.42. The molecule has 5 heteroatoms. The van der Waals surface area contributed by atoms with Gasteiger partial charge in [0.15, 0.2) is 0 Å². The van der Waals surface area contributed by atoms with Crippen molar-refractivity contribution in [2.24, 2.45) is 0 Å². The van der Waals surface area contributed by atoms with Crippen LogP contribution < -0.4 is 0 Å². The predicted molar refractivity (Wildman–Crippen MR) is 75.2 cm³/mol. The van der Waals surface area contributed by atoms with Gasteiger partial charge < -0.3 is 0 Å². The lowest BCUT2D eigenvalue weighted by Crippen LogP contribution is -1.85. The minimum absolute atomic E-state index is 0. The summed E-state index contributed by atoms with van der Waals surface area (Å²) in [5.41, 5.74) is 6.02. The molecular weight excluding hydrogens is 266 g/mol. The van der Waals surface area contributed by atoms with Crippen molar-refractivity contribution in [2.75, 3.05) is 0 Å². The van der Waals surface area contributed by atoms with Gasteiger partial charge in [-0.25, -0.2) is 0 Å². The summed E-state index contributed by atoms with van der Waals surface area (Å²) in [6.07, 6.45) is 4.61. The van der Waals surface area contributed by atoms with Crippen LogP contribution in [-0.4, -0.2) is 15.2 Å². The molecule has 1 aliphatic carbocycles. The third-order valence-electron chi connectivity index (χ3n) is 3.17. The van der Waals surface area contributed by atoms with Crippen LogP contribution in [0.2, 0.25) is 0 Å². The molecule has 0 fully saturated rings. The highest BCUT2D eigenvalue weighted by molar-refractivity contribution is 7.10. The Bertz CT molecular complexity index is 687. The van der Waals surface area contributed by atoms with Gasteiger partial charge in [0.05, 0.1) is 11.4 Å². The molecule has 0 unspecified atom stereocenters. The molecule has 1 N–H and O–H groups in total. The number of aromatic nitrogens is 3. The number of halogens is 1. The van der Waals surface area contributed by atoms with Crippen molar-refractivity contribution in [3.05, 3.63) is 46.4 Å². The first-order chi connectivity index (χ1) is 8.43. The van der Waals surface area contributed by atoms with E-state index in [1.54, 1.807) is 12.4 Å². The molecule has 0 atom stereocenters. The normalized spacial score (nSPS) is 11.8. The van der Waals surface area contributed by atoms with Gasteiger partial charge in [0.25, 0.3) is 0 Å². The Labute approximate surface area is 114 Å². The van der Waals surface area contributed by atoms with Crippen molar-refractivity contribution in [3.8, 4) is 22.5 Å². The Hall–Kier alpha value is -1.65. The fourth-order valence-corrected chi connectivity index (χ4v) is 3.26. The van der Waals surface area contributed by atoms with Crippen LogP contribution in [0.15, 0.2) is 36.0 Å². The molecule has 1 aliphatic rings. The third-order valence-corrected chi connectivity index (χ3v) is 4.09. The molecule has 3 nitrogen and oxygen atoms in total. The number of hydrogen-bond acceptors (Lipinski definition) is 3. The van der Waals surface area contributed by atoms with Gasteiger partial charge in [-0.2, -0.15) is 5.10 Å². The van der Waals surface area contributed by atoms with E-state index in [1.165, 1.54) is 21.7 Å². The molecule has 0 bridgehead atoms. The number of pyridine rings is 1. The summed E-state index contributed by atoms with van der Waals surface area (Å²) in [6.45, 7) is 0. The maximum Gasteiger partial charge on any atom is 0.0964 e. The standard InChI is InChI=1S/C13H9N3S.ClH/c1-4-14-5-2-8(1)12-10-7-11-9(3-6-17-11)13(10)16-15-12;/h1-6H,7H2,(H,15,16);1H. The SMILES string of the molecule is Cl.c1cc(-c2n[nH]c3c2Cc2sccc2-3)ccn1. The van der Waals surface area contributed by atoms with Crippen molar-refractivity contribution in [1.29, 1.82) is 0 Å². The Morgan fingerprint density at radius 3 is 2.83 bits per heavy atom. The maximum absolute atomic E-state index is 4.44. The van der Waals surface area contributed by atoms with E-state index in [1.807, 2.05) is 23.5 Å². The maximum atomic E-state index is 4.44. The molecule has 3 aromatic heterocycles. The zero-order valence-electron chi connectivity index (χ0n) is 9.38. The summed E-state index contributed by atoms with van der Waals surface area (Å²) in [5.74, 6) is 0. The Balaban J connectivity index is 0.000001000. The molecule has 0 amide bonds. The van der Waals surface area contributed by atoms with Crippen LogP contribution in [0, 0.1) is 0 Å². The number of H-pyrrole nitrogens is 1. The van der Waals surface area contributed by atoms with Crippen LogP contribution in [0.4, 0.5) is 0 Å². The molecule has 3 aromatic rings. The first kappa shape index (κ1) is 11.4. The quantitative estimate of drug-likeness (QED) is 0.577. The molecule has 0 saturated carbocycles. The summed E-state index contributed by atoms with van der Waals surface area (Å²) in [5, 5.41) is 9.74. The summed E-state index contributed by atoms with van der Waals surface area (Å²) in [4.78, 5) is 5.48. The van der Waals surface area contributed by atoms with Gasteiger partial charge in [0, 0.05) is 40.4 Å². The van der Waals surface area contributed by atoms with Gasteiger partial charge in [-0.15, -0.1) is 23.7 Å². The summed E-state index contributed by atoms with van der Waals surface area (Å²) in [7, 11) is 0. The Kier molecular flexibility index (Phi) is 2.69. The van der Waals surface area contributed by atoms with Crippen LogP contribution in [0.1, 0.15) is 10.4 Å². The predicted octanol–water partition coefficient (Wildman–Crippen LogP) is 3.53. The van der Waals surface area contributed by atoms with Gasteiger partial charge in [-0.05, 0) is 23.6 Å². The van der Waals surface area contributed by atoms with Crippen LogP contribution in [0.25, 0.3) is 22.5 Å². The minimum atomic E-state index is 0. The van der Waals surface area contributed by atoms with Crippen molar-refractivity contribution in [1.82, 2.24) is 15.2 Å². The lowest BCUT2D eigenvalue weighted by Gasteiger charge is -1.98. The fraction of sp³-hybridized carbons (Fsp3) is 0.0769. The second-order valence-electron chi connectivity index (χ2n) is 4.10. The largest absolute Gasteiger partial charge is 0.277 e. The molecule has 3 heterocycles. The molecule has 0 spiro atoms. The number of nitrogens with one attached hydrogen (secondary N) is 1. The van der Waals surface area contributed by atoms with Crippen molar-refractivity contribution < 1.29 is 0 Å². The van der Waals surface area contributed by atoms with E-state index in [2.05, 4.69) is 26.6 Å². The Morgan fingerprint density at radius 2 is 2.00 bits per heavy atom. The number of thiophene rings is 1. The van der Waals surface area contributed by atoms with Crippen molar-refractivity contribution in [3.63, 3.8) is 0 Å². The molecule has 4 rings (SSSR count). The Morgan fingerprint density at radius 1 is 1.17 bits per heavy atom. The average molecular weight is 276 g/mol. The van der Waals surface area contributed by atoms with Gasteiger partial charge in [-0.1, -0.05) is 0 Å². The number of fused-ring (bicyclic) bond motifs is 3. The van der Waals surface area contributed by atoms with Crippen molar-refractivity contribution >= 4 is 23.7 Å². The van der Waals surface area contributed by atoms with E-state index in [9.17, 15) is 0 Å². The van der Waals surface area contributed by atoms with Crippen molar-refractivity contribution in [2.45, 2.75) is 6.42 Å². The lowest BCUT2D eigenvalue weighted by atomic mass is 10.1. The van der Waals surface area contributed by atoms with Gasteiger partial charge in [0.2, 0.25) is 0 Å². The number of rotatable bonds is 1. The topological polar surface area (TPSA) is 41.6 Å². The summed E-state index contributed by atoms with van der Waals surface area (Å²) >= 11 is 1.82. The highest BCUT2D eigenvalue weighted by Gasteiger charge is 2.25. The summed E-state index contributed by atoms with van der Waals surface area (Å²) < 4.78 is 0. The number of nitrogens with zero attached hydrogens (tertiary/aromatic N) is 2. The lowest BCUT2D eigenvalue weighted by molar-refractivity contribution is 1.10. The summed E-state index contributed by atoms with van der Waals surface area (Å²) in [6, 6.07) is 6.17. The monoisotopic (exact) mass is 275 g/mol. The second kappa shape index (κ2) is 4.23. The minimum Gasteiger partial charge on any atom is -0.277 e. The number of hydrogen-bond donors (Lipinski definition) is 1. The van der Waals surface area contributed by atoms with E-state index < -0.39 is 0 Å². The van der Waals surface area contributed by atoms with Crippen LogP contribution in [-0.2, 0) is 6.42 Å². The highest BCUT2D eigenvalue weighted by atomic mass is 35.5. The number of aromatic amines is 1. The van der Waals surface area contributed by atoms with E-state index in [4.69, 9.17) is 0 Å². The zero-order chi connectivity index (χ0) is 11.2. The van der Waals surface area contributed by atoms with Crippen LogP contribution >= 0.6 is 23.7 Å². The first-order valence-corrected chi connectivity index (χ1v) is 6.36. The smallest absolute Gasteiger partial charge is 0.0964 e. The van der Waals surface area contributed by atoms with Gasteiger partial charge in [-0.3, -0.25) is 10.1 Å². The average Bonchev–Trinajstić information content (AvgIpc) is 3.00. The fourth-order valence-electron chi connectivity index (χ4n) is 2.37. The molecular formula is C13H10ClN3S. The van der Waals surface area contributed by atoms with Gasteiger partial charge >= 0.3 is 0 Å². The van der Waals surface area contributed by atoms with Crippen LogP contribution in [0.3, 0.4) is 0 Å². The van der Waals surface area contributed by atoms with E-state index in [0.717, 1.165) is 17.7 Å². The van der Waals surface area contributed by atoms with Gasteiger partial charge in [0.1, 0.15) is 0 Å². The molecule has 0 saturated heterocycles. The molecule has 0 aliphatic heterocycles. The van der Waals surface area contributed by atoms with E-state index in [0.29, 0.717) is 0 Å². The molecule has 0 aromatic carbocycles. The van der Waals surface area contributed by atoms with E-state index in [-0.39, 0.29) is 12.4 Å². The third kappa shape index (κ3) is 1.50. The molecule has 0 radical (unpaired) electrons.